The quantitative estimate of drug-likeness (QED) is 0.540. The number of rotatable bonds is 5. The van der Waals surface area contributed by atoms with Gasteiger partial charge in [-0.05, 0) is 48.1 Å². The monoisotopic (exact) mass is 432 g/mol. The summed E-state index contributed by atoms with van der Waals surface area (Å²) >= 11 is 0. The minimum atomic E-state index is -0.467. The second-order valence-corrected chi connectivity index (χ2v) is 9.66. The van der Waals surface area contributed by atoms with Crippen LogP contribution in [-0.2, 0) is 9.59 Å². The molecule has 0 aromatic heterocycles. The van der Waals surface area contributed by atoms with E-state index in [-0.39, 0.29) is 17.1 Å². The molecule has 1 aliphatic carbocycles. The van der Waals surface area contributed by atoms with Crippen LogP contribution < -0.4 is 9.64 Å². The van der Waals surface area contributed by atoms with Crippen LogP contribution in [0.15, 0.2) is 53.5 Å². The van der Waals surface area contributed by atoms with Crippen molar-refractivity contribution in [2.45, 2.75) is 59.4 Å². The van der Waals surface area contributed by atoms with Gasteiger partial charge in [0.25, 0.3) is 0 Å². The molecule has 1 amide bonds. The second-order valence-electron chi connectivity index (χ2n) is 9.66. The summed E-state index contributed by atoms with van der Waals surface area (Å²) in [6, 6.07) is 15.1. The second kappa shape index (κ2) is 8.89. The smallest absolute Gasteiger partial charge is 0.224 e. The summed E-state index contributed by atoms with van der Waals surface area (Å²) in [5, 5.41) is 0. The summed E-state index contributed by atoms with van der Waals surface area (Å²) in [5.41, 5.74) is 3.10. The fraction of sp³-hybridized carbons (Fsp3) is 0.444. The van der Waals surface area contributed by atoms with Crippen LogP contribution >= 0.6 is 0 Å². The number of carbonyl (C=O) groups excluding carboxylic acids is 2. The average Bonchev–Trinajstić information content (AvgIpc) is 2.87. The Kier molecular flexibility index (Phi) is 6.18. The first-order valence-electron chi connectivity index (χ1n) is 11.5. The van der Waals surface area contributed by atoms with Crippen LogP contribution in [0.2, 0.25) is 0 Å². The van der Waals surface area contributed by atoms with Gasteiger partial charge in [0.2, 0.25) is 5.91 Å². The number of aliphatic imine (C=N–C) groups is 1. The Morgan fingerprint density at radius 2 is 1.94 bits per heavy atom. The zero-order chi connectivity index (χ0) is 22.9. The van der Waals surface area contributed by atoms with Crippen LogP contribution in [0.5, 0.6) is 5.75 Å². The molecule has 2 aliphatic rings. The van der Waals surface area contributed by atoms with Crippen molar-refractivity contribution in [3.05, 3.63) is 54.1 Å². The first-order valence-corrected chi connectivity index (χ1v) is 11.5. The highest BCUT2D eigenvalue weighted by Gasteiger charge is 2.47. The number of Topliss-reactive ketones (excluding diaryl/α,β-unsaturated/α-hetero) is 1. The highest BCUT2D eigenvalue weighted by Crippen LogP contribution is 2.48. The molecule has 5 nitrogen and oxygen atoms in total. The third kappa shape index (κ3) is 4.34. The molecule has 0 radical (unpaired) electrons. The number of unbranched alkanes of at least 4 members (excludes halogenated alkanes) is 1. The third-order valence-electron chi connectivity index (χ3n) is 6.32. The summed E-state index contributed by atoms with van der Waals surface area (Å²) in [4.78, 5) is 33.3. The zero-order valence-electron chi connectivity index (χ0n) is 19.4. The van der Waals surface area contributed by atoms with Gasteiger partial charge in [-0.2, -0.15) is 0 Å². The number of hydrogen-bond donors (Lipinski definition) is 0. The number of carbonyl (C=O) groups is 2. The van der Waals surface area contributed by atoms with Gasteiger partial charge in [0.15, 0.2) is 0 Å². The van der Waals surface area contributed by atoms with Gasteiger partial charge in [0.05, 0.1) is 29.9 Å². The Labute approximate surface area is 190 Å². The number of anilines is 1. The van der Waals surface area contributed by atoms with Crippen molar-refractivity contribution in [3.63, 3.8) is 0 Å². The third-order valence-corrected chi connectivity index (χ3v) is 6.32. The normalized spacial score (nSPS) is 21.8. The molecule has 2 aromatic carbocycles. The van der Waals surface area contributed by atoms with E-state index in [2.05, 4.69) is 20.8 Å². The van der Waals surface area contributed by atoms with Crippen molar-refractivity contribution in [2.75, 3.05) is 11.5 Å². The molecule has 0 saturated heterocycles. The number of nitrogens with zero attached hydrogens (tertiary/aromatic N) is 2. The van der Waals surface area contributed by atoms with Gasteiger partial charge in [0, 0.05) is 19.1 Å². The van der Waals surface area contributed by atoms with E-state index in [4.69, 9.17) is 9.73 Å². The van der Waals surface area contributed by atoms with Gasteiger partial charge in [-0.15, -0.1) is 0 Å². The summed E-state index contributed by atoms with van der Waals surface area (Å²) in [6.45, 7) is 8.56. The van der Waals surface area contributed by atoms with Crippen molar-refractivity contribution in [1.82, 2.24) is 0 Å². The zero-order valence-corrected chi connectivity index (χ0v) is 19.4. The van der Waals surface area contributed by atoms with E-state index in [0.717, 1.165) is 47.7 Å². The van der Waals surface area contributed by atoms with Gasteiger partial charge >= 0.3 is 0 Å². The van der Waals surface area contributed by atoms with Crippen molar-refractivity contribution in [1.29, 1.82) is 0 Å². The molecule has 1 saturated carbocycles. The van der Waals surface area contributed by atoms with Crippen molar-refractivity contribution in [2.24, 2.45) is 16.3 Å². The molecule has 2 atom stereocenters. The molecule has 0 bridgehead atoms. The molecule has 0 spiro atoms. The van der Waals surface area contributed by atoms with Crippen molar-refractivity contribution >= 4 is 28.8 Å². The maximum atomic E-state index is 13.5. The van der Waals surface area contributed by atoms with E-state index < -0.39 is 12.0 Å². The SMILES string of the molecule is CCCCOc1cccc([C@H]2[C@H]3C(=O)CC(C)(C)CC3=Nc3ccccc3N2C(C)=O)c1. The molecule has 4 rings (SSSR count). The number of fused-ring (bicyclic) bond motifs is 2. The maximum absolute atomic E-state index is 13.5. The fourth-order valence-electron chi connectivity index (χ4n) is 4.94. The highest BCUT2D eigenvalue weighted by molar-refractivity contribution is 6.12. The summed E-state index contributed by atoms with van der Waals surface area (Å²) in [6.07, 6.45) is 3.24. The molecule has 1 fully saturated rings. The van der Waals surface area contributed by atoms with Gasteiger partial charge in [-0.25, -0.2) is 0 Å². The summed E-state index contributed by atoms with van der Waals surface area (Å²) in [7, 11) is 0. The minimum Gasteiger partial charge on any atom is -0.494 e. The topological polar surface area (TPSA) is 59.0 Å². The lowest BCUT2D eigenvalue weighted by Gasteiger charge is -2.40. The van der Waals surface area contributed by atoms with Crippen LogP contribution in [-0.4, -0.2) is 24.0 Å². The number of para-hydroxylation sites is 2. The Bertz CT molecular complexity index is 1060. The first-order chi connectivity index (χ1) is 15.3. The number of amides is 1. The van der Waals surface area contributed by atoms with E-state index in [9.17, 15) is 9.59 Å². The largest absolute Gasteiger partial charge is 0.494 e. The number of ketones is 1. The molecular formula is C27H32N2O3. The van der Waals surface area contributed by atoms with E-state index in [1.54, 1.807) is 11.8 Å². The molecule has 168 valence electrons. The fourth-order valence-corrected chi connectivity index (χ4v) is 4.94. The predicted molar refractivity (Wildman–Crippen MR) is 128 cm³/mol. The predicted octanol–water partition coefficient (Wildman–Crippen LogP) is 6.05. The summed E-state index contributed by atoms with van der Waals surface area (Å²) in [5.74, 6) is 0.333. The van der Waals surface area contributed by atoms with E-state index >= 15 is 0 Å². The molecule has 5 heteroatoms. The van der Waals surface area contributed by atoms with Crippen molar-refractivity contribution < 1.29 is 14.3 Å². The number of benzene rings is 2. The first kappa shape index (κ1) is 22.3. The number of hydrogen-bond acceptors (Lipinski definition) is 4. The Balaban J connectivity index is 1.87. The van der Waals surface area contributed by atoms with Crippen LogP contribution in [0.25, 0.3) is 0 Å². The standard InChI is InChI=1S/C27H32N2O3/c1-5-6-14-32-20-11-9-10-19(15-20)26-25-22(16-27(3,4)17-24(25)31)28-21-12-7-8-13-23(21)29(26)18(2)30/h7-13,15,25-26H,5-6,14,16-17H2,1-4H3/t25-,26+/m1/s1. The maximum Gasteiger partial charge on any atom is 0.224 e. The van der Waals surface area contributed by atoms with Gasteiger partial charge in [-0.3, -0.25) is 14.6 Å². The number of ether oxygens (including phenoxy) is 1. The Hall–Kier alpha value is -2.95. The lowest BCUT2D eigenvalue weighted by molar-refractivity contribution is -0.124. The van der Waals surface area contributed by atoms with Gasteiger partial charge in [-0.1, -0.05) is 51.5 Å². The van der Waals surface area contributed by atoms with Crippen LogP contribution in [0, 0.1) is 11.3 Å². The van der Waals surface area contributed by atoms with Crippen LogP contribution in [0.1, 0.15) is 65.0 Å². The van der Waals surface area contributed by atoms with Crippen LogP contribution in [0.4, 0.5) is 11.4 Å². The van der Waals surface area contributed by atoms with E-state index in [1.165, 1.54) is 0 Å². The molecule has 0 N–H and O–H groups in total. The van der Waals surface area contributed by atoms with Gasteiger partial charge < -0.3 is 9.64 Å². The molecule has 1 heterocycles. The lowest BCUT2D eigenvalue weighted by atomic mass is 9.68. The minimum absolute atomic E-state index is 0.103. The molecule has 32 heavy (non-hydrogen) atoms. The molecule has 0 unspecified atom stereocenters. The highest BCUT2D eigenvalue weighted by atomic mass is 16.5. The molecule has 2 aromatic rings. The Morgan fingerprint density at radius 1 is 1.16 bits per heavy atom. The summed E-state index contributed by atoms with van der Waals surface area (Å²) < 4.78 is 5.95. The lowest BCUT2D eigenvalue weighted by Crippen LogP contribution is -2.46. The van der Waals surface area contributed by atoms with Gasteiger partial charge in [0.1, 0.15) is 11.5 Å². The van der Waals surface area contributed by atoms with Crippen LogP contribution in [0.3, 0.4) is 0 Å². The van der Waals surface area contributed by atoms with E-state index in [0.29, 0.717) is 13.0 Å². The molecule has 1 aliphatic heterocycles. The Morgan fingerprint density at radius 3 is 2.69 bits per heavy atom. The van der Waals surface area contributed by atoms with Crippen molar-refractivity contribution in [3.8, 4) is 5.75 Å². The van der Waals surface area contributed by atoms with E-state index in [1.807, 2.05) is 48.5 Å². The molecular weight excluding hydrogens is 400 g/mol. The average molecular weight is 433 g/mol.